The fourth-order valence-corrected chi connectivity index (χ4v) is 2.70. The van der Waals surface area contributed by atoms with Gasteiger partial charge in [0.05, 0.1) is 12.8 Å². The number of aromatic nitrogens is 2. The molecule has 0 aliphatic heterocycles. The van der Waals surface area contributed by atoms with E-state index < -0.39 is 17.7 Å². The minimum Gasteiger partial charge on any atom is -0.464 e. The molecule has 1 N–H and O–H groups in total. The van der Waals surface area contributed by atoms with E-state index in [0.717, 1.165) is 0 Å². The van der Waals surface area contributed by atoms with E-state index in [9.17, 15) is 9.59 Å². The number of fused-ring (bicyclic) bond motifs is 1. The van der Waals surface area contributed by atoms with Crippen LogP contribution in [0.5, 0.6) is 0 Å². The number of aryl methyl sites for hydroxylation is 1. The van der Waals surface area contributed by atoms with Crippen molar-refractivity contribution in [3.8, 4) is 0 Å². The van der Waals surface area contributed by atoms with Gasteiger partial charge >= 0.3 is 12.1 Å². The Kier molecular flexibility index (Phi) is 3.91. The third kappa shape index (κ3) is 3.15. The van der Waals surface area contributed by atoms with Crippen LogP contribution in [0, 0.1) is 6.92 Å². The predicted octanol–water partition coefficient (Wildman–Crippen LogP) is 2.84. The lowest BCUT2D eigenvalue weighted by Gasteiger charge is -2.19. The maximum absolute atomic E-state index is 11.9. The molecule has 0 unspecified atom stereocenters. The number of anilines is 1. The summed E-state index contributed by atoms with van der Waals surface area (Å²) >= 11 is 1.29. The second-order valence-electron chi connectivity index (χ2n) is 5.42. The van der Waals surface area contributed by atoms with Crippen LogP contribution in [0.4, 0.5) is 10.5 Å². The summed E-state index contributed by atoms with van der Waals surface area (Å²) in [7, 11) is 1.31. The maximum Gasteiger partial charge on any atom is 0.412 e. The van der Waals surface area contributed by atoms with Gasteiger partial charge in [-0.2, -0.15) is 5.10 Å². The van der Waals surface area contributed by atoms with Crippen molar-refractivity contribution in [1.82, 2.24) is 9.61 Å². The molecule has 1 amide bonds. The molecule has 0 bridgehead atoms. The van der Waals surface area contributed by atoms with Crippen molar-refractivity contribution in [2.75, 3.05) is 12.4 Å². The summed E-state index contributed by atoms with van der Waals surface area (Å²) in [6.45, 7) is 7.10. The third-order valence-electron chi connectivity index (χ3n) is 2.55. The van der Waals surface area contributed by atoms with E-state index in [1.54, 1.807) is 33.1 Å². The van der Waals surface area contributed by atoms with E-state index in [0.29, 0.717) is 21.9 Å². The number of carbonyl (C=O) groups excluding carboxylic acids is 2. The molecule has 0 atom stereocenters. The van der Waals surface area contributed by atoms with E-state index in [2.05, 4.69) is 10.4 Å². The number of nitrogens with zero attached hydrogens (tertiary/aromatic N) is 2. The summed E-state index contributed by atoms with van der Waals surface area (Å²) in [5.74, 6) is -0.479. The van der Waals surface area contributed by atoms with Crippen LogP contribution in [0.3, 0.4) is 0 Å². The number of hydrogen-bond acceptors (Lipinski definition) is 6. The molecule has 2 aromatic heterocycles. The fourth-order valence-electron chi connectivity index (χ4n) is 1.73. The van der Waals surface area contributed by atoms with Crippen LogP contribution < -0.4 is 5.32 Å². The highest BCUT2D eigenvalue weighted by atomic mass is 32.1. The van der Waals surface area contributed by atoms with Gasteiger partial charge in [-0.15, -0.1) is 11.3 Å². The second kappa shape index (κ2) is 5.36. The summed E-state index contributed by atoms with van der Waals surface area (Å²) in [5, 5.41) is 8.55. The van der Waals surface area contributed by atoms with Crippen molar-refractivity contribution in [3.63, 3.8) is 0 Å². The number of rotatable bonds is 2. The highest BCUT2D eigenvalue weighted by molar-refractivity contribution is 7.16. The van der Waals surface area contributed by atoms with Gasteiger partial charge in [0.2, 0.25) is 0 Å². The fraction of sp³-hybridized carbons (Fsp3) is 0.462. The molecule has 2 rings (SSSR count). The Labute approximate surface area is 125 Å². The molecule has 21 heavy (non-hydrogen) atoms. The minimum absolute atomic E-state index is 0.317. The molecule has 2 heterocycles. The molecule has 0 aliphatic carbocycles. The van der Waals surface area contributed by atoms with E-state index in [1.165, 1.54) is 23.0 Å². The van der Waals surface area contributed by atoms with Gasteiger partial charge in [-0.25, -0.2) is 14.1 Å². The number of carbonyl (C=O) groups is 2. The molecule has 0 saturated carbocycles. The van der Waals surface area contributed by atoms with E-state index in [1.807, 2.05) is 0 Å². The first kappa shape index (κ1) is 15.3. The number of thiazole rings is 1. The highest BCUT2D eigenvalue weighted by Crippen LogP contribution is 2.28. The summed E-state index contributed by atoms with van der Waals surface area (Å²) < 4.78 is 11.4. The first-order valence-electron chi connectivity index (χ1n) is 6.28. The Morgan fingerprint density at radius 1 is 1.38 bits per heavy atom. The van der Waals surface area contributed by atoms with Gasteiger partial charge in [0, 0.05) is 5.38 Å². The first-order chi connectivity index (χ1) is 9.73. The van der Waals surface area contributed by atoms with Crippen molar-refractivity contribution >= 4 is 33.9 Å². The van der Waals surface area contributed by atoms with Gasteiger partial charge in [-0.3, -0.25) is 5.32 Å². The Morgan fingerprint density at radius 2 is 2.05 bits per heavy atom. The molecule has 8 heteroatoms. The van der Waals surface area contributed by atoms with Crippen LogP contribution in [0.2, 0.25) is 0 Å². The molecule has 114 valence electrons. The van der Waals surface area contributed by atoms with Crippen LogP contribution in [0.25, 0.3) is 4.83 Å². The van der Waals surface area contributed by atoms with Crippen LogP contribution in [0.1, 0.15) is 37.0 Å². The van der Waals surface area contributed by atoms with Gasteiger partial charge < -0.3 is 9.47 Å². The van der Waals surface area contributed by atoms with Crippen LogP contribution in [-0.4, -0.2) is 34.4 Å². The summed E-state index contributed by atoms with van der Waals surface area (Å²) in [6.07, 6.45) is -0.562. The van der Waals surface area contributed by atoms with E-state index >= 15 is 0 Å². The summed E-state index contributed by atoms with van der Waals surface area (Å²) in [4.78, 5) is 24.1. The van der Waals surface area contributed by atoms with Crippen molar-refractivity contribution in [2.45, 2.75) is 33.3 Å². The monoisotopic (exact) mass is 311 g/mol. The molecular formula is C13H17N3O4S. The lowest BCUT2D eigenvalue weighted by atomic mass is 10.2. The standard InChI is InChI=1S/C13H17N3O4S/c1-7-9(14-12(18)20-13(2,3)4)10-16(15-7)8(6-21-10)11(17)19-5/h6H,1-5H3,(H,14,18). The van der Waals surface area contributed by atoms with Gasteiger partial charge in [0.25, 0.3) is 0 Å². The van der Waals surface area contributed by atoms with E-state index in [-0.39, 0.29) is 0 Å². The Hall–Kier alpha value is -2.09. The van der Waals surface area contributed by atoms with Crippen molar-refractivity contribution in [1.29, 1.82) is 0 Å². The minimum atomic E-state index is -0.586. The predicted molar refractivity (Wildman–Crippen MR) is 79.0 cm³/mol. The van der Waals surface area contributed by atoms with Crippen molar-refractivity contribution in [2.24, 2.45) is 0 Å². The molecule has 0 radical (unpaired) electrons. The maximum atomic E-state index is 11.9. The number of methoxy groups -OCH3 is 1. The van der Waals surface area contributed by atoms with Crippen molar-refractivity contribution < 1.29 is 19.1 Å². The number of ether oxygens (including phenoxy) is 2. The summed E-state index contributed by atoms with van der Waals surface area (Å²) in [5.41, 5.74) is 0.858. The molecule has 0 saturated heterocycles. The van der Waals surface area contributed by atoms with Crippen LogP contribution in [0.15, 0.2) is 5.38 Å². The number of hydrogen-bond donors (Lipinski definition) is 1. The molecule has 0 fully saturated rings. The Bertz CT molecular complexity index is 696. The smallest absolute Gasteiger partial charge is 0.412 e. The molecule has 2 aromatic rings. The SMILES string of the molecule is COC(=O)c1csc2c(NC(=O)OC(C)(C)C)c(C)nn12. The van der Waals surface area contributed by atoms with Crippen LogP contribution >= 0.6 is 11.3 Å². The van der Waals surface area contributed by atoms with Gasteiger partial charge in [-0.05, 0) is 27.7 Å². The van der Waals surface area contributed by atoms with Gasteiger partial charge in [0.1, 0.15) is 16.1 Å². The largest absolute Gasteiger partial charge is 0.464 e. The second-order valence-corrected chi connectivity index (χ2v) is 6.27. The lowest BCUT2D eigenvalue weighted by molar-refractivity contribution is 0.0590. The third-order valence-corrected chi connectivity index (χ3v) is 3.49. The number of amides is 1. The number of esters is 1. The summed E-state index contributed by atoms with van der Waals surface area (Å²) in [6, 6.07) is 0. The van der Waals surface area contributed by atoms with E-state index in [4.69, 9.17) is 9.47 Å². The first-order valence-corrected chi connectivity index (χ1v) is 7.16. The quantitative estimate of drug-likeness (QED) is 0.862. The molecule has 7 nitrogen and oxygen atoms in total. The average Bonchev–Trinajstić information content (AvgIpc) is 2.87. The zero-order valence-electron chi connectivity index (χ0n) is 12.5. The Balaban J connectivity index is 2.33. The lowest BCUT2D eigenvalue weighted by Crippen LogP contribution is -2.27. The average molecular weight is 311 g/mol. The van der Waals surface area contributed by atoms with Gasteiger partial charge in [0.15, 0.2) is 5.69 Å². The topological polar surface area (TPSA) is 81.9 Å². The molecule has 0 aliphatic rings. The van der Waals surface area contributed by atoms with Gasteiger partial charge in [-0.1, -0.05) is 0 Å². The van der Waals surface area contributed by atoms with Crippen LogP contribution in [-0.2, 0) is 9.47 Å². The highest BCUT2D eigenvalue weighted by Gasteiger charge is 2.22. The number of nitrogens with one attached hydrogen (secondary N) is 1. The molecular weight excluding hydrogens is 294 g/mol. The Morgan fingerprint density at radius 3 is 2.62 bits per heavy atom. The van der Waals surface area contributed by atoms with Crippen molar-refractivity contribution in [3.05, 3.63) is 16.8 Å². The molecule has 0 aromatic carbocycles. The zero-order chi connectivity index (χ0) is 15.8. The molecule has 0 spiro atoms. The normalized spacial score (nSPS) is 11.5. The zero-order valence-corrected chi connectivity index (χ0v) is 13.3.